The van der Waals surface area contributed by atoms with E-state index in [9.17, 15) is 0 Å². The molecule has 0 heterocycles. The Morgan fingerprint density at radius 3 is 1.95 bits per heavy atom. The Balaban J connectivity index is 1.75. The van der Waals surface area contributed by atoms with E-state index in [1.54, 1.807) is 0 Å². The SMILES string of the molecule is CN(c1ccc(C#N)cc1)c1ccc(C2CCCCC2)cc1. The molecule has 0 spiro atoms. The van der Waals surface area contributed by atoms with Crippen molar-refractivity contribution in [1.82, 2.24) is 0 Å². The molecule has 0 saturated heterocycles. The second-order valence-corrected chi connectivity index (χ2v) is 6.14. The van der Waals surface area contributed by atoms with Crippen LogP contribution in [0.5, 0.6) is 0 Å². The minimum absolute atomic E-state index is 0.699. The third kappa shape index (κ3) is 3.14. The highest BCUT2D eigenvalue weighted by Gasteiger charge is 2.15. The lowest BCUT2D eigenvalue weighted by Crippen LogP contribution is -2.10. The third-order valence-corrected chi connectivity index (χ3v) is 4.74. The van der Waals surface area contributed by atoms with Gasteiger partial charge in [0, 0.05) is 18.4 Å². The van der Waals surface area contributed by atoms with Gasteiger partial charge < -0.3 is 4.90 Å². The fourth-order valence-corrected chi connectivity index (χ4v) is 3.31. The van der Waals surface area contributed by atoms with E-state index in [4.69, 9.17) is 5.26 Å². The quantitative estimate of drug-likeness (QED) is 0.759. The lowest BCUT2D eigenvalue weighted by atomic mass is 9.84. The van der Waals surface area contributed by atoms with Crippen LogP contribution in [0.25, 0.3) is 0 Å². The molecule has 0 aliphatic heterocycles. The molecular weight excluding hydrogens is 268 g/mol. The molecular formula is C20H22N2. The molecule has 1 aliphatic rings. The smallest absolute Gasteiger partial charge is 0.0991 e. The summed E-state index contributed by atoms with van der Waals surface area (Å²) in [4.78, 5) is 2.16. The number of anilines is 2. The fraction of sp³-hybridized carbons (Fsp3) is 0.350. The first kappa shape index (κ1) is 14.7. The van der Waals surface area contributed by atoms with Crippen LogP contribution in [0.4, 0.5) is 11.4 Å². The van der Waals surface area contributed by atoms with Crippen molar-refractivity contribution in [3.05, 3.63) is 59.7 Å². The van der Waals surface area contributed by atoms with Crippen molar-refractivity contribution in [2.45, 2.75) is 38.0 Å². The van der Waals surface area contributed by atoms with Crippen LogP contribution in [0.15, 0.2) is 48.5 Å². The maximum absolute atomic E-state index is 8.87. The van der Waals surface area contributed by atoms with Gasteiger partial charge in [0.2, 0.25) is 0 Å². The average Bonchev–Trinajstić information content (AvgIpc) is 2.62. The van der Waals surface area contributed by atoms with Crippen molar-refractivity contribution >= 4 is 11.4 Å². The molecule has 3 rings (SSSR count). The van der Waals surface area contributed by atoms with Crippen LogP contribution in [0, 0.1) is 11.3 Å². The van der Waals surface area contributed by atoms with Gasteiger partial charge in [-0.15, -0.1) is 0 Å². The van der Waals surface area contributed by atoms with E-state index in [1.165, 1.54) is 43.4 Å². The summed E-state index contributed by atoms with van der Waals surface area (Å²) in [5.74, 6) is 0.753. The van der Waals surface area contributed by atoms with Crippen molar-refractivity contribution < 1.29 is 0 Å². The molecule has 112 valence electrons. The number of hydrogen-bond donors (Lipinski definition) is 0. The van der Waals surface area contributed by atoms with Gasteiger partial charge in [-0.25, -0.2) is 0 Å². The van der Waals surface area contributed by atoms with Crippen LogP contribution in [0.1, 0.15) is 49.1 Å². The number of benzene rings is 2. The van der Waals surface area contributed by atoms with E-state index in [0.717, 1.165) is 11.6 Å². The zero-order valence-corrected chi connectivity index (χ0v) is 13.1. The molecule has 0 unspecified atom stereocenters. The molecule has 2 aromatic carbocycles. The molecule has 2 nitrogen and oxygen atoms in total. The summed E-state index contributed by atoms with van der Waals surface area (Å²) in [6.07, 6.45) is 6.82. The van der Waals surface area contributed by atoms with Crippen LogP contribution in [-0.2, 0) is 0 Å². The molecule has 2 heteroatoms. The van der Waals surface area contributed by atoms with Gasteiger partial charge in [0.25, 0.3) is 0 Å². The van der Waals surface area contributed by atoms with E-state index >= 15 is 0 Å². The number of nitriles is 1. The Bertz CT molecular complexity index is 644. The Hall–Kier alpha value is -2.27. The lowest BCUT2D eigenvalue weighted by Gasteiger charge is -2.24. The second kappa shape index (κ2) is 6.66. The summed E-state index contributed by atoms with van der Waals surface area (Å²) in [7, 11) is 2.07. The molecule has 22 heavy (non-hydrogen) atoms. The Labute approximate surface area is 133 Å². The lowest BCUT2D eigenvalue weighted by molar-refractivity contribution is 0.443. The molecule has 0 atom stereocenters. The summed E-state index contributed by atoms with van der Waals surface area (Å²) in [5.41, 5.74) is 4.47. The highest BCUT2D eigenvalue weighted by atomic mass is 15.1. The largest absolute Gasteiger partial charge is 0.345 e. The molecule has 1 aliphatic carbocycles. The first-order chi connectivity index (χ1) is 10.8. The zero-order chi connectivity index (χ0) is 15.4. The first-order valence-corrected chi connectivity index (χ1v) is 8.12. The predicted octanol–water partition coefficient (Wildman–Crippen LogP) is 5.37. The third-order valence-electron chi connectivity index (χ3n) is 4.74. The minimum Gasteiger partial charge on any atom is -0.345 e. The molecule has 0 amide bonds. The van der Waals surface area contributed by atoms with Crippen LogP contribution in [0.2, 0.25) is 0 Å². The molecule has 2 aromatic rings. The van der Waals surface area contributed by atoms with E-state index in [-0.39, 0.29) is 0 Å². The van der Waals surface area contributed by atoms with Gasteiger partial charge in [-0.2, -0.15) is 5.26 Å². The Morgan fingerprint density at radius 2 is 1.41 bits per heavy atom. The van der Waals surface area contributed by atoms with Gasteiger partial charge in [0.05, 0.1) is 11.6 Å². The predicted molar refractivity (Wildman–Crippen MR) is 91.5 cm³/mol. The number of rotatable bonds is 3. The van der Waals surface area contributed by atoms with E-state index in [2.05, 4.69) is 42.3 Å². The summed E-state index contributed by atoms with van der Waals surface area (Å²) in [6, 6.07) is 18.9. The number of nitrogens with zero attached hydrogens (tertiary/aromatic N) is 2. The van der Waals surface area contributed by atoms with Crippen molar-refractivity contribution in [2.24, 2.45) is 0 Å². The highest BCUT2D eigenvalue weighted by Crippen LogP contribution is 2.34. The zero-order valence-electron chi connectivity index (χ0n) is 13.1. The Kier molecular flexibility index (Phi) is 4.44. The van der Waals surface area contributed by atoms with Crippen LogP contribution in [0.3, 0.4) is 0 Å². The van der Waals surface area contributed by atoms with Crippen molar-refractivity contribution in [3.63, 3.8) is 0 Å². The molecule has 0 N–H and O–H groups in total. The van der Waals surface area contributed by atoms with E-state index < -0.39 is 0 Å². The van der Waals surface area contributed by atoms with Crippen LogP contribution >= 0.6 is 0 Å². The summed E-state index contributed by atoms with van der Waals surface area (Å²) in [6.45, 7) is 0. The summed E-state index contributed by atoms with van der Waals surface area (Å²) in [5, 5.41) is 8.87. The summed E-state index contributed by atoms with van der Waals surface area (Å²) >= 11 is 0. The normalized spacial score (nSPS) is 15.3. The summed E-state index contributed by atoms with van der Waals surface area (Å²) < 4.78 is 0. The topological polar surface area (TPSA) is 27.0 Å². The van der Waals surface area contributed by atoms with Crippen molar-refractivity contribution in [2.75, 3.05) is 11.9 Å². The maximum Gasteiger partial charge on any atom is 0.0991 e. The van der Waals surface area contributed by atoms with Gasteiger partial charge in [-0.1, -0.05) is 31.4 Å². The molecule has 1 saturated carbocycles. The van der Waals surface area contributed by atoms with Gasteiger partial charge >= 0.3 is 0 Å². The van der Waals surface area contributed by atoms with E-state index in [1.807, 2.05) is 24.3 Å². The van der Waals surface area contributed by atoms with Gasteiger partial charge in [0.15, 0.2) is 0 Å². The minimum atomic E-state index is 0.699. The molecule has 0 bridgehead atoms. The average molecular weight is 290 g/mol. The fourth-order valence-electron chi connectivity index (χ4n) is 3.31. The van der Waals surface area contributed by atoms with Gasteiger partial charge in [0.1, 0.15) is 0 Å². The van der Waals surface area contributed by atoms with Crippen molar-refractivity contribution in [1.29, 1.82) is 5.26 Å². The van der Waals surface area contributed by atoms with Gasteiger partial charge in [-0.3, -0.25) is 0 Å². The molecule has 0 radical (unpaired) electrons. The second-order valence-electron chi connectivity index (χ2n) is 6.14. The maximum atomic E-state index is 8.87. The highest BCUT2D eigenvalue weighted by molar-refractivity contribution is 5.63. The monoisotopic (exact) mass is 290 g/mol. The molecule has 0 aromatic heterocycles. The van der Waals surface area contributed by atoms with Crippen LogP contribution in [-0.4, -0.2) is 7.05 Å². The standard InChI is InChI=1S/C20H22N2/c1-22(19-11-7-16(15-21)8-12-19)20-13-9-18(10-14-20)17-5-3-2-4-6-17/h7-14,17H,2-6H2,1H3. The Morgan fingerprint density at radius 1 is 0.864 bits per heavy atom. The van der Waals surface area contributed by atoms with Crippen molar-refractivity contribution in [3.8, 4) is 6.07 Å². The number of hydrogen-bond acceptors (Lipinski definition) is 2. The molecule has 1 fully saturated rings. The van der Waals surface area contributed by atoms with E-state index in [0.29, 0.717) is 5.56 Å². The van der Waals surface area contributed by atoms with Crippen LogP contribution < -0.4 is 4.90 Å². The van der Waals surface area contributed by atoms with Gasteiger partial charge in [-0.05, 0) is 60.7 Å². The first-order valence-electron chi connectivity index (χ1n) is 8.12.